The van der Waals surface area contributed by atoms with Gasteiger partial charge in [0, 0.05) is 17.7 Å². The number of imide groups is 1. The van der Waals surface area contributed by atoms with Crippen molar-refractivity contribution in [1.29, 1.82) is 0 Å². The number of rotatable bonds is 2. The van der Waals surface area contributed by atoms with Gasteiger partial charge in [-0.25, -0.2) is 4.68 Å². The SMILES string of the molecule is Nc1ccc(-c2cn(C3CCC(=O)NC3=O)nn2)cc1. The van der Waals surface area contributed by atoms with E-state index in [0.717, 1.165) is 5.56 Å². The van der Waals surface area contributed by atoms with Crippen LogP contribution in [0, 0.1) is 0 Å². The molecule has 1 fully saturated rings. The summed E-state index contributed by atoms with van der Waals surface area (Å²) in [7, 11) is 0. The lowest BCUT2D eigenvalue weighted by Crippen LogP contribution is -2.41. The highest BCUT2D eigenvalue weighted by Crippen LogP contribution is 2.22. The van der Waals surface area contributed by atoms with Crippen LogP contribution >= 0.6 is 0 Å². The largest absolute Gasteiger partial charge is 0.399 e. The molecular weight excluding hydrogens is 258 g/mol. The van der Waals surface area contributed by atoms with Crippen LogP contribution in [0.2, 0.25) is 0 Å². The summed E-state index contributed by atoms with van der Waals surface area (Å²) in [6, 6.07) is 6.76. The molecule has 2 heterocycles. The fraction of sp³-hybridized carbons (Fsp3) is 0.231. The molecule has 1 unspecified atom stereocenters. The number of carbonyl (C=O) groups is 2. The molecule has 2 aromatic rings. The van der Waals surface area contributed by atoms with Crippen molar-refractivity contribution in [2.45, 2.75) is 18.9 Å². The first-order valence-electron chi connectivity index (χ1n) is 6.25. The third-order valence-electron chi connectivity index (χ3n) is 3.25. The predicted octanol–water partition coefficient (Wildman–Crippen LogP) is 0.505. The Balaban J connectivity index is 1.85. The summed E-state index contributed by atoms with van der Waals surface area (Å²) in [6.07, 6.45) is 2.45. The molecule has 1 saturated heterocycles. The van der Waals surface area contributed by atoms with Crippen LogP contribution in [0.5, 0.6) is 0 Å². The number of nitrogen functional groups attached to an aromatic ring is 1. The molecule has 102 valence electrons. The van der Waals surface area contributed by atoms with Crippen LogP contribution in [0.3, 0.4) is 0 Å². The zero-order chi connectivity index (χ0) is 14.1. The molecule has 7 nitrogen and oxygen atoms in total. The maximum Gasteiger partial charge on any atom is 0.251 e. The smallest absolute Gasteiger partial charge is 0.251 e. The van der Waals surface area contributed by atoms with Crippen molar-refractivity contribution in [2.24, 2.45) is 0 Å². The second-order valence-corrected chi connectivity index (χ2v) is 4.67. The van der Waals surface area contributed by atoms with Gasteiger partial charge < -0.3 is 5.73 Å². The van der Waals surface area contributed by atoms with Crippen LogP contribution in [0.4, 0.5) is 5.69 Å². The van der Waals surface area contributed by atoms with E-state index in [4.69, 9.17) is 5.73 Å². The molecule has 0 saturated carbocycles. The number of benzene rings is 1. The standard InChI is InChI=1S/C13H13N5O2/c14-9-3-1-8(2-4-9)10-7-18(17-16-10)11-5-6-12(19)15-13(11)20/h1-4,7,11H,5-6,14H2,(H,15,19,20). The molecule has 0 aliphatic carbocycles. The molecule has 2 amide bonds. The van der Waals surface area contributed by atoms with Gasteiger partial charge >= 0.3 is 0 Å². The van der Waals surface area contributed by atoms with Gasteiger partial charge in [-0.2, -0.15) is 0 Å². The monoisotopic (exact) mass is 271 g/mol. The molecule has 20 heavy (non-hydrogen) atoms. The highest BCUT2D eigenvalue weighted by molar-refractivity contribution is 5.99. The van der Waals surface area contributed by atoms with Crippen LogP contribution in [0.25, 0.3) is 11.3 Å². The van der Waals surface area contributed by atoms with Gasteiger partial charge in [-0.15, -0.1) is 5.10 Å². The molecule has 1 atom stereocenters. The van der Waals surface area contributed by atoms with Crippen molar-refractivity contribution in [3.8, 4) is 11.3 Å². The topological polar surface area (TPSA) is 103 Å². The van der Waals surface area contributed by atoms with E-state index in [1.165, 1.54) is 4.68 Å². The quantitative estimate of drug-likeness (QED) is 0.611. The zero-order valence-corrected chi connectivity index (χ0v) is 10.6. The second-order valence-electron chi connectivity index (χ2n) is 4.67. The lowest BCUT2D eigenvalue weighted by molar-refractivity contribution is -0.136. The number of piperidine rings is 1. The van der Waals surface area contributed by atoms with E-state index in [9.17, 15) is 9.59 Å². The third-order valence-corrected chi connectivity index (χ3v) is 3.25. The Bertz CT molecular complexity index is 662. The third kappa shape index (κ3) is 2.25. The predicted molar refractivity (Wildman–Crippen MR) is 71.3 cm³/mol. The van der Waals surface area contributed by atoms with Crippen LogP contribution in [-0.2, 0) is 9.59 Å². The fourth-order valence-electron chi connectivity index (χ4n) is 2.15. The first-order valence-corrected chi connectivity index (χ1v) is 6.25. The van der Waals surface area contributed by atoms with Crippen molar-refractivity contribution >= 4 is 17.5 Å². The lowest BCUT2D eigenvalue weighted by Gasteiger charge is -2.20. The molecule has 1 aliphatic heterocycles. The number of anilines is 1. The lowest BCUT2D eigenvalue weighted by atomic mass is 10.1. The van der Waals surface area contributed by atoms with E-state index in [1.807, 2.05) is 12.1 Å². The summed E-state index contributed by atoms with van der Waals surface area (Å²) < 4.78 is 1.49. The number of hydrogen-bond donors (Lipinski definition) is 2. The van der Waals surface area contributed by atoms with Gasteiger partial charge in [0.1, 0.15) is 11.7 Å². The molecular formula is C13H13N5O2. The molecule has 1 aliphatic rings. The molecule has 0 bridgehead atoms. The Labute approximate surface area is 114 Å². The number of nitrogens with one attached hydrogen (secondary N) is 1. The van der Waals surface area contributed by atoms with Gasteiger partial charge in [0.15, 0.2) is 0 Å². The highest BCUT2D eigenvalue weighted by Gasteiger charge is 2.29. The fourth-order valence-corrected chi connectivity index (χ4v) is 2.15. The molecule has 3 N–H and O–H groups in total. The summed E-state index contributed by atoms with van der Waals surface area (Å²) in [5.41, 5.74) is 7.84. The Morgan fingerprint density at radius 1 is 1.25 bits per heavy atom. The average Bonchev–Trinajstić information content (AvgIpc) is 2.89. The molecule has 1 aromatic heterocycles. The summed E-state index contributed by atoms with van der Waals surface area (Å²) >= 11 is 0. The van der Waals surface area contributed by atoms with E-state index in [2.05, 4.69) is 15.6 Å². The van der Waals surface area contributed by atoms with Crippen molar-refractivity contribution in [3.63, 3.8) is 0 Å². The molecule has 1 aromatic carbocycles. The van der Waals surface area contributed by atoms with E-state index >= 15 is 0 Å². The Morgan fingerprint density at radius 2 is 2.00 bits per heavy atom. The number of hydrogen-bond acceptors (Lipinski definition) is 5. The highest BCUT2D eigenvalue weighted by atomic mass is 16.2. The van der Waals surface area contributed by atoms with E-state index in [1.54, 1.807) is 18.3 Å². The zero-order valence-electron chi connectivity index (χ0n) is 10.6. The van der Waals surface area contributed by atoms with Gasteiger partial charge in [0.05, 0.1) is 6.20 Å². The molecule has 3 rings (SSSR count). The first kappa shape index (κ1) is 12.3. The Kier molecular flexibility index (Phi) is 2.94. The number of nitrogens with zero attached hydrogens (tertiary/aromatic N) is 3. The minimum absolute atomic E-state index is 0.245. The minimum Gasteiger partial charge on any atom is -0.399 e. The molecule has 0 radical (unpaired) electrons. The molecule has 0 spiro atoms. The normalized spacial score (nSPS) is 18.9. The molecule has 7 heteroatoms. The van der Waals surface area contributed by atoms with Crippen LogP contribution in [0.1, 0.15) is 18.9 Å². The van der Waals surface area contributed by atoms with Crippen LogP contribution in [-0.4, -0.2) is 26.8 Å². The summed E-state index contributed by atoms with van der Waals surface area (Å²) in [5, 5.41) is 10.3. The maximum atomic E-state index is 11.8. The summed E-state index contributed by atoms with van der Waals surface area (Å²) in [6.45, 7) is 0. The van der Waals surface area contributed by atoms with Crippen molar-refractivity contribution in [1.82, 2.24) is 20.3 Å². The van der Waals surface area contributed by atoms with Crippen molar-refractivity contribution in [3.05, 3.63) is 30.5 Å². The second kappa shape index (κ2) is 4.76. The number of aromatic nitrogens is 3. The average molecular weight is 271 g/mol. The number of carbonyl (C=O) groups excluding carboxylic acids is 2. The van der Waals surface area contributed by atoms with Gasteiger partial charge in [-0.1, -0.05) is 17.3 Å². The summed E-state index contributed by atoms with van der Waals surface area (Å²) in [5.74, 6) is -0.583. The Morgan fingerprint density at radius 3 is 2.70 bits per heavy atom. The van der Waals surface area contributed by atoms with Gasteiger partial charge in [-0.05, 0) is 18.6 Å². The van der Waals surface area contributed by atoms with E-state index < -0.39 is 6.04 Å². The Hall–Kier alpha value is -2.70. The first-order chi connectivity index (χ1) is 9.63. The van der Waals surface area contributed by atoms with Gasteiger partial charge in [-0.3, -0.25) is 14.9 Å². The minimum atomic E-state index is -0.484. The van der Waals surface area contributed by atoms with Gasteiger partial charge in [0.25, 0.3) is 5.91 Å². The van der Waals surface area contributed by atoms with Gasteiger partial charge in [0.2, 0.25) is 5.91 Å². The van der Waals surface area contributed by atoms with E-state index in [0.29, 0.717) is 24.2 Å². The van der Waals surface area contributed by atoms with Crippen LogP contribution in [0.15, 0.2) is 30.5 Å². The van der Waals surface area contributed by atoms with E-state index in [-0.39, 0.29) is 11.8 Å². The number of amides is 2. The van der Waals surface area contributed by atoms with Crippen molar-refractivity contribution < 1.29 is 9.59 Å². The van der Waals surface area contributed by atoms with Crippen LogP contribution < -0.4 is 11.1 Å². The number of nitrogens with two attached hydrogens (primary N) is 1. The summed E-state index contributed by atoms with van der Waals surface area (Å²) in [4.78, 5) is 22.9. The maximum absolute atomic E-state index is 11.8. The van der Waals surface area contributed by atoms with Crippen molar-refractivity contribution in [2.75, 3.05) is 5.73 Å².